The lowest BCUT2D eigenvalue weighted by Gasteiger charge is -2.21. The second-order valence-corrected chi connectivity index (χ2v) is 5.55. The van der Waals surface area contributed by atoms with Gasteiger partial charge in [0.15, 0.2) is 11.5 Å². The average molecular weight is 282 g/mol. The minimum Gasteiger partial charge on any atom is -0.486 e. The molecule has 0 aromatic heterocycles. The Hall–Kier alpha value is -1.07. The molecule has 1 aromatic carbocycles. The van der Waals surface area contributed by atoms with Crippen molar-refractivity contribution in [2.45, 2.75) is 18.7 Å². The number of nitrogen functional groups attached to an aromatic ring is 1. The summed E-state index contributed by atoms with van der Waals surface area (Å²) in [5.74, 6) is 2.61. The zero-order valence-corrected chi connectivity index (χ0v) is 12.5. The molecule has 0 spiro atoms. The van der Waals surface area contributed by atoms with E-state index in [1.54, 1.807) is 11.8 Å². The smallest absolute Gasteiger partial charge is 0.163 e. The quantitative estimate of drug-likeness (QED) is 0.641. The third-order valence-electron chi connectivity index (χ3n) is 3.23. The lowest BCUT2D eigenvalue weighted by atomic mass is 10.2. The van der Waals surface area contributed by atoms with Gasteiger partial charge in [-0.05, 0) is 19.2 Å². The molecule has 4 nitrogen and oxygen atoms in total. The number of hydrogen-bond acceptors (Lipinski definition) is 5. The molecule has 1 heterocycles. The second kappa shape index (κ2) is 6.91. The van der Waals surface area contributed by atoms with Crippen LogP contribution in [0.25, 0.3) is 0 Å². The van der Waals surface area contributed by atoms with Crippen molar-refractivity contribution in [2.24, 2.45) is 0 Å². The fraction of sp³-hybridized carbons (Fsp3) is 0.571. The fourth-order valence-corrected chi connectivity index (χ4v) is 3.02. The van der Waals surface area contributed by atoms with Gasteiger partial charge in [0.25, 0.3) is 0 Å². The van der Waals surface area contributed by atoms with Gasteiger partial charge in [-0.15, -0.1) is 11.8 Å². The van der Waals surface area contributed by atoms with E-state index in [2.05, 4.69) is 18.7 Å². The van der Waals surface area contributed by atoms with Gasteiger partial charge in [-0.1, -0.05) is 13.8 Å². The van der Waals surface area contributed by atoms with Crippen LogP contribution in [0.2, 0.25) is 0 Å². The molecule has 0 fully saturated rings. The van der Waals surface area contributed by atoms with E-state index in [0.717, 1.165) is 47.5 Å². The summed E-state index contributed by atoms with van der Waals surface area (Å²) in [6.45, 7) is 8.84. The number of nitrogens with zero attached hydrogens (tertiary/aromatic N) is 1. The van der Waals surface area contributed by atoms with Crippen molar-refractivity contribution in [3.8, 4) is 11.5 Å². The summed E-state index contributed by atoms with van der Waals surface area (Å²) < 4.78 is 11.1. The number of nitrogens with two attached hydrogens (primary N) is 1. The molecule has 5 heteroatoms. The molecule has 19 heavy (non-hydrogen) atoms. The number of benzene rings is 1. The topological polar surface area (TPSA) is 47.7 Å². The predicted octanol–water partition coefficient (Wildman–Crippen LogP) is 2.47. The molecule has 0 atom stereocenters. The van der Waals surface area contributed by atoms with Crippen LogP contribution in [0, 0.1) is 0 Å². The molecule has 0 saturated heterocycles. The molecule has 0 radical (unpaired) electrons. The summed E-state index contributed by atoms with van der Waals surface area (Å²) >= 11 is 1.78. The van der Waals surface area contributed by atoms with Crippen molar-refractivity contribution >= 4 is 17.4 Å². The van der Waals surface area contributed by atoms with Gasteiger partial charge in [0.1, 0.15) is 13.2 Å². The Morgan fingerprint density at radius 1 is 1.16 bits per heavy atom. The Morgan fingerprint density at radius 2 is 1.79 bits per heavy atom. The maximum atomic E-state index is 6.06. The first-order valence-electron chi connectivity index (χ1n) is 6.78. The summed E-state index contributed by atoms with van der Waals surface area (Å²) in [6.07, 6.45) is 0. The highest BCUT2D eigenvalue weighted by atomic mass is 32.2. The Morgan fingerprint density at radius 3 is 2.42 bits per heavy atom. The van der Waals surface area contributed by atoms with Crippen LogP contribution in [0.15, 0.2) is 17.0 Å². The maximum absolute atomic E-state index is 6.06. The number of hydrogen-bond donors (Lipinski definition) is 1. The van der Waals surface area contributed by atoms with Gasteiger partial charge in [0.2, 0.25) is 0 Å². The predicted molar refractivity (Wildman–Crippen MR) is 80.4 cm³/mol. The van der Waals surface area contributed by atoms with E-state index < -0.39 is 0 Å². The van der Waals surface area contributed by atoms with Crippen LogP contribution < -0.4 is 15.2 Å². The van der Waals surface area contributed by atoms with E-state index in [9.17, 15) is 0 Å². The minimum atomic E-state index is 0.598. The molecule has 0 bridgehead atoms. The molecule has 0 aliphatic carbocycles. The summed E-state index contributed by atoms with van der Waals surface area (Å²) in [4.78, 5) is 3.48. The summed E-state index contributed by atoms with van der Waals surface area (Å²) in [6, 6.07) is 3.87. The van der Waals surface area contributed by atoms with E-state index in [1.807, 2.05) is 12.1 Å². The molecule has 2 N–H and O–H groups in total. The Bertz CT molecular complexity index is 422. The molecule has 0 amide bonds. The molecule has 1 aromatic rings. The van der Waals surface area contributed by atoms with Crippen molar-refractivity contribution in [1.29, 1.82) is 0 Å². The van der Waals surface area contributed by atoms with Crippen LogP contribution >= 0.6 is 11.8 Å². The standard InChI is InChI=1S/C14H22N2O2S/c1-3-16(4-2)5-8-19-14-10-13-12(9-11(14)15)17-6-7-18-13/h9-10H,3-8,15H2,1-2H3. The first-order valence-corrected chi connectivity index (χ1v) is 7.77. The Kier molecular flexibility index (Phi) is 5.22. The van der Waals surface area contributed by atoms with Gasteiger partial charge >= 0.3 is 0 Å². The number of fused-ring (bicyclic) bond motifs is 1. The average Bonchev–Trinajstić information content (AvgIpc) is 2.44. The van der Waals surface area contributed by atoms with E-state index >= 15 is 0 Å². The van der Waals surface area contributed by atoms with Crippen molar-refractivity contribution in [3.05, 3.63) is 12.1 Å². The van der Waals surface area contributed by atoms with E-state index in [1.165, 1.54) is 0 Å². The highest BCUT2D eigenvalue weighted by Crippen LogP contribution is 2.38. The third kappa shape index (κ3) is 3.70. The lowest BCUT2D eigenvalue weighted by molar-refractivity contribution is 0.171. The van der Waals surface area contributed by atoms with Gasteiger partial charge in [-0.25, -0.2) is 0 Å². The molecule has 1 aliphatic rings. The van der Waals surface area contributed by atoms with Crippen LogP contribution in [0.4, 0.5) is 5.69 Å². The molecule has 2 rings (SSSR count). The zero-order chi connectivity index (χ0) is 13.7. The number of ether oxygens (including phenoxy) is 2. The van der Waals surface area contributed by atoms with Crippen LogP contribution in [0.3, 0.4) is 0 Å². The monoisotopic (exact) mass is 282 g/mol. The van der Waals surface area contributed by atoms with Crippen LogP contribution in [0.5, 0.6) is 11.5 Å². The second-order valence-electron chi connectivity index (χ2n) is 4.41. The third-order valence-corrected chi connectivity index (χ3v) is 4.29. The van der Waals surface area contributed by atoms with Gasteiger partial charge in [-0.3, -0.25) is 0 Å². The summed E-state index contributed by atoms with van der Waals surface area (Å²) in [7, 11) is 0. The summed E-state index contributed by atoms with van der Waals surface area (Å²) in [5, 5.41) is 0. The molecule has 0 unspecified atom stereocenters. The molecular weight excluding hydrogens is 260 g/mol. The van der Waals surface area contributed by atoms with Gasteiger partial charge in [-0.2, -0.15) is 0 Å². The highest BCUT2D eigenvalue weighted by Gasteiger charge is 2.14. The van der Waals surface area contributed by atoms with E-state index in [-0.39, 0.29) is 0 Å². The maximum Gasteiger partial charge on any atom is 0.163 e. The van der Waals surface area contributed by atoms with Crippen molar-refractivity contribution < 1.29 is 9.47 Å². The van der Waals surface area contributed by atoms with Crippen LogP contribution in [-0.2, 0) is 0 Å². The molecule has 1 aliphatic heterocycles. The number of thioether (sulfide) groups is 1. The van der Waals surface area contributed by atoms with Crippen LogP contribution in [0.1, 0.15) is 13.8 Å². The highest BCUT2D eigenvalue weighted by molar-refractivity contribution is 7.99. The van der Waals surface area contributed by atoms with Crippen molar-refractivity contribution in [2.75, 3.05) is 44.3 Å². The van der Waals surface area contributed by atoms with Gasteiger partial charge in [0, 0.05) is 28.9 Å². The van der Waals surface area contributed by atoms with Crippen molar-refractivity contribution in [3.63, 3.8) is 0 Å². The largest absolute Gasteiger partial charge is 0.486 e. The number of rotatable bonds is 6. The lowest BCUT2D eigenvalue weighted by Crippen LogP contribution is -2.25. The normalized spacial score (nSPS) is 13.8. The molecule has 0 saturated carbocycles. The molecule has 106 valence electrons. The zero-order valence-electron chi connectivity index (χ0n) is 11.6. The first-order chi connectivity index (χ1) is 9.24. The van der Waals surface area contributed by atoms with E-state index in [4.69, 9.17) is 15.2 Å². The molecular formula is C14H22N2O2S. The van der Waals surface area contributed by atoms with Crippen molar-refractivity contribution in [1.82, 2.24) is 4.90 Å². The van der Waals surface area contributed by atoms with Gasteiger partial charge in [0.05, 0.1) is 0 Å². The van der Waals surface area contributed by atoms with Crippen LogP contribution in [-0.4, -0.2) is 43.5 Å². The fourth-order valence-electron chi connectivity index (χ4n) is 2.04. The summed E-state index contributed by atoms with van der Waals surface area (Å²) in [5.41, 5.74) is 6.83. The first kappa shape index (κ1) is 14.3. The van der Waals surface area contributed by atoms with E-state index in [0.29, 0.717) is 13.2 Å². The Labute approximate surface area is 119 Å². The number of anilines is 1. The SMILES string of the molecule is CCN(CC)CCSc1cc2c(cc1N)OCCO2. The van der Waals surface area contributed by atoms with Gasteiger partial charge < -0.3 is 20.1 Å². The Balaban J connectivity index is 1.96. The minimum absolute atomic E-state index is 0.598.